The monoisotopic (exact) mass is 296 g/mol. The maximum atomic E-state index is 12.3. The zero-order valence-electron chi connectivity index (χ0n) is 12.2. The second-order valence-corrected chi connectivity index (χ2v) is 7.58. The van der Waals surface area contributed by atoms with Gasteiger partial charge in [0.25, 0.3) is 0 Å². The number of benzene rings is 1. The lowest BCUT2D eigenvalue weighted by Crippen LogP contribution is -2.30. The van der Waals surface area contributed by atoms with E-state index < -0.39 is 10.0 Å². The van der Waals surface area contributed by atoms with Crippen LogP contribution in [0.5, 0.6) is 0 Å². The molecule has 0 heterocycles. The fourth-order valence-corrected chi connectivity index (χ4v) is 4.01. The highest BCUT2D eigenvalue weighted by atomic mass is 32.2. The number of nitrogens with two attached hydrogens (primary N) is 1. The second-order valence-electron chi connectivity index (χ2n) is 5.81. The van der Waals surface area contributed by atoms with E-state index in [1.165, 1.54) is 12.8 Å². The van der Waals surface area contributed by atoms with Gasteiger partial charge in [0.05, 0.1) is 4.90 Å². The van der Waals surface area contributed by atoms with Crippen LogP contribution in [0.25, 0.3) is 0 Å². The van der Waals surface area contributed by atoms with Crippen LogP contribution < -0.4 is 10.5 Å². The Hall–Kier alpha value is -0.910. The van der Waals surface area contributed by atoms with E-state index in [4.69, 9.17) is 5.73 Å². The summed E-state index contributed by atoms with van der Waals surface area (Å²) in [7, 11) is -3.43. The van der Waals surface area contributed by atoms with Gasteiger partial charge in [0.15, 0.2) is 0 Å². The van der Waals surface area contributed by atoms with Crippen molar-refractivity contribution in [3.8, 4) is 0 Å². The molecule has 2 rings (SSSR count). The number of hydrogen-bond acceptors (Lipinski definition) is 3. The first-order valence-electron chi connectivity index (χ1n) is 7.23. The van der Waals surface area contributed by atoms with Crippen molar-refractivity contribution in [2.45, 2.75) is 44.6 Å². The Labute approximate surface area is 121 Å². The van der Waals surface area contributed by atoms with Crippen LogP contribution in [-0.4, -0.2) is 15.0 Å². The maximum Gasteiger partial charge on any atom is 0.240 e. The minimum Gasteiger partial charge on any atom is -0.326 e. The van der Waals surface area contributed by atoms with Crippen molar-refractivity contribution in [2.24, 2.45) is 17.6 Å². The van der Waals surface area contributed by atoms with E-state index in [0.29, 0.717) is 29.8 Å². The van der Waals surface area contributed by atoms with Crippen molar-refractivity contribution >= 4 is 10.0 Å². The van der Waals surface area contributed by atoms with E-state index in [0.717, 1.165) is 17.5 Å². The van der Waals surface area contributed by atoms with E-state index >= 15 is 0 Å². The number of rotatable bonds is 5. The molecule has 4 nitrogen and oxygen atoms in total. The molecule has 0 aliphatic heterocycles. The highest BCUT2D eigenvalue weighted by Gasteiger charge is 2.25. The average molecular weight is 296 g/mol. The maximum absolute atomic E-state index is 12.3. The van der Waals surface area contributed by atoms with Crippen LogP contribution in [-0.2, 0) is 16.6 Å². The summed E-state index contributed by atoms with van der Waals surface area (Å²) in [6, 6.07) is 5.14. The Kier molecular flexibility index (Phi) is 4.83. The molecule has 3 N–H and O–H groups in total. The summed E-state index contributed by atoms with van der Waals surface area (Å²) in [6.45, 7) is 5.03. The third-order valence-corrected chi connectivity index (χ3v) is 5.85. The Morgan fingerprint density at radius 3 is 2.70 bits per heavy atom. The smallest absolute Gasteiger partial charge is 0.240 e. The van der Waals surface area contributed by atoms with Crippen molar-refractivity contribution in [1.29, 1.82) is 0 Å². The Morgan fingerprint density at radius 1 is 1.35 bits per heavy atom. The van der Waals surface area contributed by atoms with Crippen molar-refractivity contribution in [3.05, 3.63) is 29.3 Å². The number of nitrogens with one attached hydrogen (secondary N) is 1. The molecule has 1 saturated carbocycles. The fourth-order valence-electron chi connectivity index (χ4n) is 2.86. The summed E-state index contributed by atoms with van der Waals surface area (Å²) in [5, 5.41) is 0. The van der Waals surface area contributed by atoms with Crippen molar-refractivity contribution < 1.29 is 8.42 Å². The summed E-state index contributed by atoms with van der Waals surface area (Å²) in [6.07, 6.45) is 3.52. The van der Waals surface area contributed by atoms with Crippen molar-refractivity contribution in [3.63, 3.8) is 0 Å². The number of aryl methyl sites for hydroxylation is 1. The molecule has 20 heavy (non-hydrogen) atoms. The molecule has 0 spiro atoms. The van der Waals surface area contributed by atoms with Gasteiger partial charge in [-0.2, -0.15) is 0 Å². The van der Waals surface area contributed by atoms with Gasteiger partial charge in [0.2, 0.25) is 10.0 Å². The fraction of sp³-hybridized carbons (Fsp3) is 0.600. The topological polar surface area (TPSA) is 72.2 Å². The molecule has 0 amide bonds. The predicted octanol–water partition coefficient (Wildman–Crippen LogP) is 2.17. The molecule has 1 aromatic rings. The van der Waals surface area contributed by atoms with Crippen LogP contribution in [0.15, 0.2) is 23.1 Å². The molecule has 112 valence electrons. The highest BCUT2D eigenvalue weighted by molar-refractivity contribution is 7.89. The van der Waals surface area contributed by atoms with Crippen molar-refractivity contribution in [2.75, 3.05) is 6.54 Å². The first kappa shape index (κ1) is 15.5. The highest BCUT2D eigenvalue weighted by Crippen LogP contribution is 2.30. The van der Waals surface area contributed by atoms with Crippen LogP contribution in [0.3, 0.4) is 0 Å². The van der Waals surface area contributed by atoms with Gasteiger partial charge in [0, 0.05) is 13.1 Å². The molecule has 0 radical (unpaired) electrons. The number of hydrogen-bond donors (Lipinski definition) is 2. The predicted molar refractivity (Wildman–Crippen MR) is 80.8 cm³/mol. The first-order valence-corrected chi connectivity index (χ1v) is 8.71. The van der Waals surface area contributed by atoms with Gasteiger partial charge in [-0.05, 0) is 48.4 Å². The minimum atomic E-state index is -3.43. The molecular formula is C15H24N2O2S. The Bertz CT molecular complexity index is 569. The Morgan fingerprint density at radius 2 is 2.10 bits per heavy atom. The summed E-state index contributed by atoms with van der Waals surface area (Å²) in [4.78, 5) is 0.314. The first-order chi connectivity index (χ1) is 9.44. The minimum absolute atomic E-state index is 0.314. The Balaban J connectivity index is 2.10. The van der Waals surface area contributed by atoms with Gasteiger partial charge >= 0.3 is 0 Å². The average Bonchev–Trinajstić information content (AvgIpc) is 2.82. The van der Waals surface area contributed by atoms with Gasteiger partial charge in [-0.15, -0.1) is 0 Å². The van der Waals surface area contributed by atoms with Crippen LogP contribution in [0.4, 0.5) is 0 Å². The lowest BCUT2D eigenvalue weighted by molar-refractivity contribution is 0.414. The third kappa shape index (κ3) is 3.40. The van der Waals surface area contributed by atoms with Gasteiger partial charge in [0.1, 0.15) is 0 Å². The van der Waals surface area contributed by atoms with E-state index in [9.17, 15) is 8.42 Å². The molecule has 1 aromatic carbocycles. The molecule has 0 saturated heterocycles. The van der Waals surface area contributed by atoms with Gasteiger partial charge < -0.3 is 5.73 Å². The molecular weight excluding hydrogens is 272 g/mol. The summed E-state index contributed by atoms with van der Waals surface area (Å²) >= 11 is 0. The summed E-state index contributed by atoms with van der Waals surface area (Å²) in [5.74, 6) is 1.07. The summed E-state index contributed by atoms with van der Waals surface area (Å²) in [5.41, 5.74) is 7.54. The SMILES string of the molecule is Cc1ccc(S(=O)(=O)NCC2CCCC2C)cc1CN. The molecule has 2 atom stereocenters. The quantitative estimate of drug-likeness (QED) is 0.874. The van der Waals surface area contributed by atoms with Gasteiger partial charge in [-0.3, -0.25) is 0 Å². The van der Waals surface area contributed by atoms with Crippen LogP contribution in [0.1, 0.15) is 37.3 Å². The van der Waals surface area contributed by atoms with Crippen LogP contribution >= 0.6 is 0 Å². The zero-order chi connectivity index (χ0) is 14.8. The molecule has 2 unspecified atom stereocenters. The van der Waals surface area contributed by atoms with E-state index in [2.05, 4.69) is 11.6 Å². The van der Waals surface area contributed by atoms with Gasteiger partial charge in [-0.25, -0.2) is 13.1 Å². The lowest BCUT2D eigenvalue weighted by atomic mass is 9.99. The molecule has 1 fully saturated rings. The van der Waals surface area contributed by atoms with E-state index in [1.54, 1.807) is 12.1 Å². The zero-order valence-corrected chi connectivity index (χ0v) is 13.0. The third-order valence-electron chi connectivity index (χ3n) is 4.43. The van der Waals surface area contributed by atoms with E-state index in [-0.39, 0.29) is 0 Å². The summed E-state index contributed by atoms with van der Waals surface area (Å²) < 4.78 is 27.4. The van der Waals surface area contributed by atoms with Crippen LogP contribution in [0, 0.1) is 18.8 Å². The molecule has 1 aliphatic carbocycles. The second kappa shape index (κ2) is 6.24. The molecule has 5 heteroatoms. The number of sulfonamides is 1. The molecule has 0 bridgehead atoms. The largest absolute Gasteiger partial charge is 0.326 e. The molecule has 0 aromatic heterocycles. The van der Waals surface area contributed by atoms with Crippen molar-refractivity contribution in [1.82, 2.24) is 4.72 Å². The van der Waals surface area contributed by atoms with Crippen LogP contribution in [0.2, 0.25) is 0 Å². The van der Waals surface area contributed by atoms with Gasteiger partial charge in [-0.1, -0.05) is 25.8 Å². The lowest BCUT2D eigenvalue weighted by Gasteiger charge is -2.16. The normalized spacial score (nSPS) is 23.1. The molecule has 1 aliphatic rings. The van der Waals surface area contributed by atoms with E-state index in [1.807, 2.05) is 13.0 Å². The standard InChI is InChI=1S/C15H24N2O2S/c1-11-4-3-5-13(11)10-17-20(18,19)15-7-6-12(2)14(8-15)9-16/h6-8,11,13,17H,3-5,9-10,16H2,1-2H3.